The third kappa shape index (κ3) is 5.64. The van der Waals surface area contributed by atoms with Crippen molar-refractivity contribution in [1.29, 1.82) is 0 Å². The number of aromatic nitrogens is 4. The third-order valence-corrected chi connectivity index (χ3v) is 4.35. The number of para-hydroxylation sites is 1. The summed E-state index contributed by atoms with van der Waals surface area (Å²) in [5.41, 5.74) is 1.44. The van der Waals surface area contributed by atoms with E-state index < -0.39 is 11.9 Å². The summed E-state index contributed by atoms with van der Waals surface area (Å²) in [5, 5.41) is 18.3. The molecule has 0 unspecified atom stereocenters. The number of H-pyrrole nitrogens is 1. The van der Waals surface area contributed by atoms with Crippen LogP contribution in [0.4, 0.5) is 5.82 Å². The minimum atomic E-state index is -1.82. The first-order chi connectivity index (χ1) is 14.0. The predicted octanol–water partition coefficient (Wildman–Crippen LogP) is 3.05. The molecule has 0 aliphatic heterocycles. The van der Waals surface area contributed by atoms with Gasteiger partial charge >= 0.3 is 17.9 Å². The molecule has 10 heteroatoms. The number of carboxylic acids is 2. The van der Waals surface area contributed by atoms with Gasteiger partial charge in [0.05, 0.1) is 6.33 Å². The fraction of sp³-hybridized carbons (Fsp3) is 0.316. The van der Waals surface area contributed by atoms with Gasteiger partial charge in [0.25, 0.3) is 0 Å². The van der Waals surface area contributed by atoms with E-state index in [0.717, 1.165) is 11.3 Å². The number of benzene rings is 1. The lowest BCUT2D eigenvalue weighted by Crippen LogP contribution is -2.23. The second kappa shape index (κ2) is 9.49. The first-order valence-electron chi connectivity index (χ1n) is 9.19. The fourth-order valence-corrected chi connectivity index (χ4v) is 3.00. The minimum Gasteiger partial charge on any atom is -0.473 e. The molecule has 3 aromatic rings. The Morgan fingerprint density at radius 3 is 2.38 bits per heavy atom. The highest BCUT2D eigenvalue weighted by atomic mass is 16.5. The Balaban J connectivity index is 0.000000353. The van der Waals surface area contributed by atoms with E-state index in [-0.39, 0.29) is 0 Å². The Morgan fingerprint density at radius 2 is 1.72 bits per heavy atom. The zero-order valence-corrected chi connectivity index (χ0v) is 15.5. The number of rotatable bonds is 4. The van der Waals surface area contributed by atoms with E-state index in [4.69, 9.17) is 24.5 Å². The van der Waals surface area contributed by atoms with Gasteiger partial charge in [-0.25, -0.2) is 14.6 Å². The van der Waals surface area contributed by atoms with Gasteiger partial charge in [-0.3, -0.25) is 0 Å². The van der Waals surface area contributed by atoms with Crippen molar-refractivity contribution < 1.29 is 24.5 Å². The van der Waals surface area contributed by atoms with Gasteiger partial charge in [-0.05, 0) is 25.0 Å². The molecular weight excluding hydrogens is 378 g/mol. The monoisotopic (exact) mass is 399 g/mol. The number of nitrogens with one attached hydrogen (secondary N) is 2. The zero-order chi connectivity index (χ0) is 20.6. The number of imidazole rings is 1. The molecule has 1 aromatic carbocycles. The number of hydrogen-bond donors (Lipinski definition) is 4. The van der Waals surface area contributed by atoms with Gasteiger partial charge < -0.3 is 25.3 Å². The van der Waals surface area contributed by atoms with Crippen LogP contribution >= 0.6 is 0 Å². The van der Waals surface area contributed by atoms with Crippen molar-refractivity contribution in [3.8, 4) is 11.8 Å². The zero-order valence-electron chi connectivity index (χ0n) is 15.5. The van der Waals surface area contributed by atoms with Crippen molar-refractivity contribution in [2.45, 2.75) is 38.1 Å². The lowest BCUT2D eigenvalue weighted by Gasteiger charge is -2.23. The number of hydrogen-bond acceptors (Lipinski definition) is 7. The Bertz CT molecular complexity index is 958. The average molecular weight is 399 g/mol. The van der Waals surface area contributed by atoms with Gasteiger partial charge in [-0.2, -0.15) is 9.97 Å². The molecule has 0 radical (unpaired) electrons. The number of anilines is 1. The maximum atomic E-state index is 9.10. The smallest absolute Gasteiger partial charge is 0.414 e. The highest BCUT2D eigenvalue weighted by Gasteiger charge is 2.17. The van der Waals surface area contributed by atoms with Gasteiger partial charge in [0.1, 0.15) is 11.3 Å². The molecule has 1 fully saturated rings. The van der Waals surface area contributed by atoms with Gasteiger partial charge in [0.15, 0.2) is 11.5 Å². The van der Waals surface area contributed by atoms with Crippen LogP contribution in [0.15, 0.2) is 36.7 Å². The molecule has 4 rings (SSSR count). The number of aromatic amines is 1. The van der Waals surface area contributed by atoms with Crippen LogP contribution in [0.5, 0.6) is 11.8 Å². The summed E-state index contributed by atoms with van der Waals surface area (Å²) in [6.07, 6.45) is 7.84. The lowest BCUT2D eigenvalue weighted by molar-refractivity contribution is -0.159. The van der Waals surface area contributed by atoms with Crippen LogP contribution in [0.25, 0.3) is 11.2 Å². The summed E-state index contributed by atoms with van der Waals surface area (Å²) in [5.74, 6) is -2.17. The Labute approximate surface area is 166 Å². The Hall–Kier alpha value is -3.69. The van der Waals surface area contributed by atoms with Crippen LogP contribution in [0.1, 0.15) is 32.1 Å². The van der Waals surface area contributed by atoms with Crippen LogP contribution in [-0.2, 0) is 9.59 Å². The first kappa shape index (κ1) is 20.1. The van der Waals surface area contributed by atoms with E-state index in [9.17, 15) is 0 Å². The predicted molar refractivity (Wildman–Crippen MR) is 104 cm³/mol. The Morgan fingerprint density at radius 1 is 1.03 bits per heavy atom. The topological polar surface area (TPSA) is 150 Å². The summed E-state index contributed by atoms with van der Waals surface area (Å²) in [6.45, 7) is 0. The third-order valence-electron chi connectivity index (χ3n) is 4.35. The van der Waals surface area contributed by atoms with E-state index >= 15 is 0 Å². The van der Waals surface area contributed by atoms with Gasteiger partial charge in [-0.15, -0.1) is 0 Å². The molecule has 2 heterocycles. The maximum absolute atomic E-state index is 9.10. The summed E-state index contributed by atoms with van der Waals surface area (Å²) in [7, 11) is 0. The van der Waals surface area contributed by atoms with Crippen molar-refractivity contribution in [2.24, 2.45) is 0 Å². The number of fused-ring (bicyclic) bond motifs is 1. The van der Waals surface area contributed by atoms with E-state index in [0.29, 0.717) is 23.4 Å². The molecule has 1 aliphatic carbocycles. The number of carboxylic acid groups (broad SMARTS) is 2. The molecule has 29 heavy (non-hydrogen) atoms. The molecule has 0 saturated heterocycles. The van der Waals surface area contributed by atoms with Crippen LogP contribution in [0, 0.1) is 0 Å². The van der Waals surface area contributed by atoms with Crippen molar-refractivity contribution in [3.63, 3.8) is 0 Å². The average Bonchev–Trinajstić information content (AvgIpc) is 3.19. The van der Waals surface area contributed by atoms with Crippen LogP contribution < -0.4 is 10.1 Å². The van der Waals surface area contributed by atoms with E-state index in [1.54, 1.807) is 6.33 Å². The quantitative estimate of drug-likeness (QED) is 0.485. The SMILES string of the molecule is O=C(O)C(=O)O.c1ccc(Oc2nc(NC3CCCCC3)c3[nH]cnc3n2)cc1. The molecule has 4 N–H and O–H groups in total. The molecule has 1 aliphatic rings. The lowest BCUT2D eigenvalue weighted by atomic mass is 9.95. The fourth-order valence-electron chi connectivity index (χ4n) is 3.00. The molecule has 0 atom stereocenters. The van der Waals surface area contributed by atoms with Crippen molar-refractivity contribution in [2.75, 3.05) is 5.32 Å². The first-order valence-corrected chi connectivity index (χ1v) is 9.19. The normalized spacial score (nSPS) is 13.9. The van der Waals surface area contributed by atoms with Gasteiger partial charge in [0, 0.05) is 6.04 Å². The van der Waals surface area contributed by atoms with E-state index in [1.807, 2.05) is 30.3 Å². The van der Waals surface area contributed by atoms with E-state index in [1.165, 1.54) is 32.1 Å². The second-order valence-corrected chi connectivity index (χ2v) is 6.46. The highest BCUT2D eigenvalue weighted by Crippen LogP contribution is 2.27. The molecular formula is C19H21N5O5. The minimum absolute atomic E-state index is 0.314. The number of nitrogens with zero attached hydrogens (tertiary/aromatic N) is 3. The number of carbonyl (C=O) groups is 2. The van der Waals surface area contributed by atoms with Gasteiger partial charge in [-0.1, -0.05) is 37.5 Å². The summed E-state index contributed by atoms with van der Waals surface area (Å²) < 4.78 is 5.77. The molecule has 0 amide bonds. The van der Waals surface area contributed by atoms with E-state index in [2.05, 4.69) is 25.3 Å². The van der Waals surface area contributed by atoms with Gasteiger partial charge in [0.2, 0.25) is 0 Å². The molecule has 10 nitrogen and oxygen atoms in total. The molecule has 2 aromatic heterocycles. The standard InChI is InChI=1S/C17H19N5O.C2H2O4/c1-3-7-12(8-4-1)20-16-14-15(19-11-18-14)21-17(22-16)23-13-9-5-2-6-10-13;3-1(4)2(5)6/h2,5-6,9-12H,1,3-4,7-8H2,(H2,18,19,20,21,22);(H,3,4)(H,5,6). The number of ether oxygens (including phenoxy) is 1. The molecule has 152 valence electrons. The summed E-state index contributed by atoms with van der Waals surface area (Å²) in [6, 6.07) is 10.3. The van der Waals surface area contributed by atoms with Crippen LogP contribution in [-0.4, -0.2) is 48.1 Å². The maximum Gasteiger partial charge on any atom is 0.414 e. The van der Waals surface area contributed by atoms with Crippen LogP contribution in [0.3, 0.4) is 0 Å². The second-order valence-electron chi connectivity index (χ2n) is 6.46. The van der Waals surface area contributed by atoms with Crippen LogP contribution in [0.2, 0.25) is 0 Å². The number of aliphatic carboxylic acids is 2. The summed E-state index contributed by atoms with van der Waals surface area (Å²) >= 11 is 0. The van der Waals surface area contributed by atoms with Crippen molar-refractivity contribution >= 4 is 28.9 Å². The largest absolute Gasteiger partial charge is 0.473 e. The van der Waals surface area contributed by atoms with Crippen molar-refractivity contribution in [3.05, 3.63) is 36.7 Å². The highest BCUT2D eigenvalue weighted by molar-refractivity contribution is 6.27. The molecule has 0 spiro atoms. The molecule has 0 bridgehead atoms. The Kier molecular flexibility index (Phi) is 6.56. The summed E-state index contributed by atoms with van der Waals surface area (Å²) in [4.78, 5) is 34.5. The van der Waals surface area contributed by atoms with Crippen molar-refractivity contribution in [1.82, 2.24) is 19.9 Å². The molecule has 1 saturated carbocycles.